The van der Waals surface area contributed by atoms with Gasteiger partial charge >= 0.3 is 0 Å². The Balaban J connectivity index is 2.39. The summed E-state index contributed by atoms with van der Waals surface area (Å²) in [4.78, 5) is 31.1. The molecule has 0 saturated carbocycles. The summed E-state index contributed by atoms with van der Waals surface area (Å²) in [7, 11) is 1.56. The van der Waals surface area contributed by atoms with Crippen molar-refractivity contribution in [3.8, 4) is 0 Å². The number of rotatable bonds is 1. The van der Waals surface area contributed by atoms with Crippen molar-refractivity contribution in [3.63, 3.8) is 0 Å². The highest BCUT2D eigenvalue weighted by atomic mass is 32.2. The summed E-state index contributed by atoms with van der Waals surface area (Å²) in [6.07, 6.45) is 1.24. The average Bonchev–Trinajstić information content (AvgIpc) is 2.56. The molecular formula is C9H9N3O2S. The summed E-state index contributed by atoms with van der Waals surface area (Å²) in [6, 6.07) is 0. The lowest BCUT2D eigenvalue weighted by molar-refractivity contribution is -0.118. The van der Waals surface area contributed by atoms with E-state index in [-0.39, 0.29) is 11.8 Å². The molecule has 15 heavy (non-hydrogen) atoms. The minimum atomic E-state index is -0.438. The van der Waals surface area contributed by atoms with E-state index in [4.69, 9.17) is 0 Å². The molecule has 0 saturated heterocycles. The fraction of sp³-hybridized carbons (Fsp3) is 0.333. The molecule has 0 aromatic heterocycles. The van der Waals surface area contributed by atoms with Crippen molar-refractivity contribution >= 4 is 35.0 Å². The average molecular weight is 223 g/mol. The van der Waals surface area contributed by atoms with E-state index in [0.717, 1.165) is 5.57 Å². The van der Waals surface area contributed by atoms with E-state index in [1.54, 1.807) is 14.0 Å². The molecule has 0 fully saturated rings. The second-order valence-corrected chi connectivity index (χ2v) is 4.21. The molecule has 2 aliphatic heterocycles. The zero-order chi connectivity index (χ0) is 11.0. The summed E-state index contributed by atoms with van der Waals surface area (Å²) in [5.41, 5.74) is 0.736. The smallest absolute Gasteiger partial charge is 0.261 e. The number of nitrogens with one attached hydrogen (secondary N) is 1. The minimum Gasteiger partial charge on any atom is -0.355 e. The van der Waals surface area contributed by atoms with Crippen molar-refractivity contribution in [3.05, 3.63) is 10.5 Å². The Morgan fingerprint density at radius 3 is 2.93 bits per heavy atom. The van der Waals surface area contributed by atoms with E-state index in [2.05, 4.69) is 15.3 Å². The van der Waals surface area contributed by atoms with Crippen LogP contribution in [0.25, 0.3) is 0 Å². The summed E-state index contributed by atoms with van der Waals surface area (Å²) in [5, 5.41) is 3.18. The fourth-order valence-corrected chi connectivity index (χ4v) is 2.69. The van der Waals surface area contributed by atoms with Crippen LogP contribution in [0.5, 0.6) is 0 Å². The maximum atomic E-state index is 11.5. The van der Waals surface area contributed by atoms with Crippen LogP contribution in [0, 0.1) is 5.92 Å². The van der Waals surface area contributed by atoms with E-state index < -0.39 is 5.92 Å². The third-order valence-electron chi connectivity index (χ3n) is 2.29. The van der Waals surface area contributed by atoms with Crippen LogP contribution in [-0.2, 0) is 9.59 Å². The van der Waals surface area contributed by atoms with Gasteiger partial charge < -0.3 is 5.32 Å². The summed E-state index contributed by atoms with van der Waals surface area (Å²) in [5.74, 6) is -0.862. The van der Waals surface area contributed by atoms with Gasteiger partial charge in [-0.25, -0.2) is 9.98 Å². The first-order valence-corrected chi connectivity index (χ1v) is 5.21. The molecule has 78 valence electrons. The van der Waals surface area contributed by atoms with Crippen molar-refractivity contribution in [2.75, 3.05) is 7.05 Å². The largest absolute Gasteiger partial charge is 0.355 e. The molecule has 6 heteroatoms. The molecule has 0 aromatic rings. The van der Waals surface area contributed by atoms with Crippen LogP contribution in [-0.4, -0.2) is 30.2 Å². The first-order valence-electron chi connectivity index (χ1n) is 4.40. The number of thioether (sulfide) groups is 1. The molecule has 1 atom stereocenters. The van der Waals surface area contributed by atoms with Crippen LogP contribution in [0.15, 0.2) is 20.5 Å². The lowest BCUT2D eigenvalue weighted by Gasteiger charge is -2.09. The highest BCUT2D eigenvalue weighted by Crippen LogP contribution is 2.39. The Kier molecular flexibility index (Phi) is 2.44. The second kappa shape index (κ2) is 3.62. The van der Waals surface area contributed by atoms with Gasteiger partial charge in [-0.15, -0.1) is 0 Å². The van der Waals surface area contributed by atoms with Gasteiger partial charge in [-0.1, -0.05) is 11.8 Å². The van der Waals surface area contributed by atoms with Gasteiger partial charge in [-0.05, 0) is 12.5 Å². The number of hydrogen-bond donors (Lipinski definition) is 1. The molecule has 2 amide bonds. The number of likely N-dealkylation sites (N-methyl/N-ethyl adjacent to an activating group) is 1. The van der Waals surface area contributed by atoms with Gasteiger partial charge in [0.05, 0.1) is 9.95 Å². The molecule has 0 bridgehead atoms. The quantitative estimate of drug-likeness (QED) is 0.696. The predicted octanol–water partition coefficient (Wildman–Crippen LogP) is 0.336. The van der Waals surface area contributed by atoms with E-state index in [0.29, 0.717) is 9.95 Å². The molecule has 1 unspecified atom stereocenters. The summed E-state index contributed by atoms with van der Waals surface area (Å²) >= 11 is 1.24. The van der Waals surface area contributed by atoms with Crippen LogP contribution in [0.3, 0.4) is 0 Å². The van der Waals surface area contributed by atoms with E-state index in [1.165, 1.54) is 18.1 Å². The van der Waals surface area contributed by atoms with Gasteiger partial charge in [0.1, 0.15) is 12.3 Å². The fourth-order valence-electron chi connectivity index (χ4n) is 1.51. The van der Waals surface area contributed by atoms with Crippen LogP contribution in [0.1, 0.15) is 6.92 Å². The SMILES string of the molecule is CNC(=O)C1=C(C)C2C(=O)N=CN=C2S1. The van der Waals surface area contributed by atoms with Crippen LogP contribution >= 0.6 is 11.8 Å². The Bertz CT molecular complexity index is 437. The second-order valence-electron chi connectivity index (χ2n) is 3.18. The molecule has 2 heterocycles. The monoisotopic (exact) mass is 223 g/mol. The van der Waals surface area contributed by atoms with Crippen LogP contribution in [0.2, 0.25) is 0 Å². The number of carbonyl (C=O) groups excluding carboxylic acids is 2. The van der Waals surface area contributed by atoms with Crippen molar-refractivity contribution < 1.29 is 9.59 Å². The number of aliphatic imine (C=N–C) groups is 2. The standard InChI is InChI=1S/C9H9N3O2S/c1-4-5-7(13)11-3-12-9(5)15-6(4)8(14)10-2/h3,5H,1-2H3,(H,10,14). The zero-order valence-corrected chi connectivity index (χ0v) is 9.09. The molecule has 5 nitrogen and oxygen atoms in total. The Morgan fingerprint density at radius 2 is 2.33 bits per heavy atom. The maximum absolute atomic E-state index is 11.5. The normalized spacial score (nSPS) is 24.0. The third kappa shape index (κ3) is 1.50. The lowest BCUT2D eigenvalue weighted by Crippen LogP contribution is -2.21. The van der Waals surface area contributed by atoms with Crippen molar-refractivity contribution in [2.24, 2.45) is 15.9 Å². The van der Waals surface area contributed by atoms with E-state index in [1.807, 2.05) is 0 Å². The van der Waals surface area contributed by atoms with Gasteiger partial charge in [0.2, 0.25) is 0 Å². The first kappa shape index (κ1) is 10.1. The molecular weight excluding hydrogens is 214 g/mol. The molecule has 2 rings (SSSR count). The molecule has 0 aromatic carbocycles. The van der Waals surface area contributed by atoms with Gasteiger partial charge in [-0.2, -0.15) is 0 Å². The van der Waals surface area contributed by atoms with Crippen LogP contribution < -0.4 is 5.32 Å². The molecule has 1 N–H and O–H groups in total. The van der Waals surface area contributed by atoms with E-state index >= 15 is 0 Å². The number of fused-ring (bicyclic) bond motifs is 1. The summed E-state index contributed by atoms with van der Waals surface area (Å²) in [6.45, 7) is 1.77. The Morgan fingerprint density at radius 1 is 1.60 bits per heavy atom. The number of nitrogens with zero attached hydrogens (tertiary/aromatic N) is 2. The number of carbonyl (C=O) groups is 2. The molecule has 0 spiro atoms. The zero-order valence-electron chi connectivity index (χ0n) is 8.27. The Labute approximate surface area is 90.7 Å². The topological polar surface area (TPSA) is 70.9 Å². The highest BCUT2D eigenvalue weighted by Gasteiger charge is 2.38. The van der Waals surface area contributed by atoms with Gasteiger partial charge in [0, 0.05) is 7.05 Å². The van der Waals surface area contributed by atoms with Crippen molar-refractivity contribution in [1.29, 1.82) is 0 Å². The number of amides is 2. The molecule has 0 aliphatic carbocycles. The predicted molar refractivity (Wildman–Crippen MR) is 58.8 cm³/mol. The molecule has 0 radical (unpaired) electrons. The van der Waals surface area contributed by atoms with Gasteiger partial charge in [0.25, 0.3) is 11.8 Å². The van der Waals surface area contributed by atoms with Crippen molar-refractivity contribution in [1.82, 2.24) is 5.32 Å². The van der Waals surface area contributed by atoms with E-state index in [9.17, 15) is 9.59 Å². The third-order valence-corrected chi connectivity index (χ3v) is 3.56. The van der Waals surface area contributed by atoms with Crippen LogP contribution in [0.4, 0.5) is 0 Å². The number of hydrogen-bond acceptors (Lipinski definition) is 4. The minimum absolute atomic E-state index is 0.178. The highest BCUT2D eigenvalue weighted by molar-refractivity contribution is 8.18. The Hall–Kier alpha value is -1.43. The molecule has 2 aliphatic rings. The first-order chi connectivity index (χ1) is 7.15. The summed E-state index contributed by atoms with van der Waals surface area (Å²) < 4.78 is 0. The lowest BCUT2D eigenvalue weighted by atomic mass is 10.00. The van der Waals surface area contributed by atoms with Crippen molar-refractivity contribution in [2.45, 2.75) is 6.92 Å². The van der Waals surface area contributed by atoms with Gasteiger partial charge in [0.15, 0.2) is 0 Å². The van der Waals surface area contributed by atoms with Gasteiger partial charge in [-0.3, -0.25) is 9.59 Å². The maximum Gasteiger partial charge on any atom is 0.261 e.